The second-order valence-corrected chi connectivity index (χ2v) is 2.42. The van der Waals surface area contributed by atoms with Crippen molar-refractivity contribution in [1.29, 1.82) is 0 Å². The van der Waals surface area contributed by atoms with Gasteiger partial charge in [-0.3, -0.25) is 0 Å². The number of rotatable bonds is 7. The Morgan fingerprint density at radius 3 is 2.50 bits per heavy atom. The van der Waals surface area contributed by atoms with Gasteiger partial charge in [0.15, 0.2) is 0 Å². The van der Waals surface area contributed by atoms with Crippen LogP contribution in [0.4, 0.5) is 4.79 Å². The van der Waals surface area contributed by atoms with E-state index in [1.165, 1.54) is 14.2 Å². The van der Waals surface area contributed by atoms with Gasteiger partial charge >= 0.3 is 6.03 Å². The van der Waals surface area contributed by atoms with E-state index in [9.17, 15) is 9.70 Å². The van der Waals surface area contributed by atoms with Gasteiger partial charge in [0.05, 0.1) is 25.0 Å². The molecule has 0 rings (SSSR count). The van der Waals surface area contributed by atoms with Crippen LogP contribution in [0.1, 0.15) is 0 Å². The number of hydrogen-bond acceptors (Lipinski definition) is 5. The highest BCUT2D eigenvalue weighted by atomic mass is 16.5. The van der Waals surface area contributed by atoms with Gasteiger partial charge in [-0.15, -0.1) is 4.91 Å². The second kappa shape index (κ2) is 8.39. The number of hydrogen-bond donors (Lipinski definition) is 1. The van der Waals surface area contributed by atoms with Crippen molar-refractivity contribution in [3.8, 4) is 0 Å². The van der Waals surface area contributed by atoms with Gasteiger partial charge < -0.3 is 14.8 Å². The number of urea groups is 1. The van der Waals surface area contributed by atoms with E-state index in [4.69, 9.17) is 9.47 Å². The normalized spacial score (nSPS) is 9.57. The smallest absolute Gasteiger partial charge is 0.340 e. The van der Waals surface area contributed by atoms with Crippen molar-refractivity contribution >= 4 is 6.03 Å². The molecule has 0 bridgehead atoms. The third-order valence-electron chi connectivity index (χ3n) is 1.42. The quantitative estimate of drug-likeness (QED) is 0.359. The molecule has 0 unspecified atom stereocenters. The molecular weight excluding hydrogens is 190 g/mol. The van der Waals surface area contributed by atoms with Crippen molar-refractivity contribution in [3.05, 3.63) is 4.91 Å². The minimum absolute atomic E-state index is 0.138. The lowest BCUT2D eigenvalue weighted by molar-refractivity contribution is 0.146. The number of carbonyl (C=O) groups is 1. The van der Waals surface area contributed by atoms with Gasteiger partial charge in [0.1, 0.15) is 0 Å². The zero-order chi connectivity index (χ0) is 10.8. The fraction of sp³-hybridized carbons (Fsp3) is 0.857. The Kier molecular flexibility index (Phi) is 7.67. The third kappa shape index (κ3) is 5.44. The molecule has 0 aliphatic carbocycles. The molecule has 0 aliphatic rings. The molecule has 2 amide bonds. The lowest BCUT2D eigenvalue weighted by Crippen LogP contribution is -2.39. The van der Waals surface area contributed by atoms with E-state index < -0.39 is 6.03 Å². The van der Waals surface area contributed by atoms with E-state index in [0.29, 0.717) is 13.2 Å². The van der Waals surface area contributed by atoms with Gasteiger partial charge in [0.2, 0.25) is 0 Å². The Labute approximate surface area is 82.3 Å². The van der Waals surface area contributed by atoms with Crippen molar-refractivity contribution in [1.82, 2.24) is 10.3 Å². The molecule has 0 aromatic rings. The number of methoxy groups -OCH3 is 2. The molecule has 0 saturated heterocycles. The predicted octanol–water partition coefficient (Wildman–Crippen LogP) is -0.0278. The first kappa shape index (κ1) is 12.8. The molecule has 0 atom stereocenters. The Balaban J connectivity index is 3.73. The number of amides is 2. The van der Waals surface area contributed by atoms with Crippen LogP contribution < -0.4 is 5.32 Å². The van der Waals surface area contributed by atoms with E-state index in [2.05, 4.69) is 10.6 Å². The molecule has 7 nitrogen and oxygen atoms in total. The molecule has 0 aromatic heterocycles. The van der Waals surface area contributed by atoms with E-state index in [0.717, 1.165) is 5.01 Å². The number of ether oxygens (including phenoxy) is 2. The van der Waals surface area contributed by atoms with E-state index >= 15 is 0 Å². The molecule has 0 spiro atoms. The SMILES string of the molecule is COCCNC(=O)N(CCOC)N=O. The van der Waals surface area contributed by atoms with Crippen LogP contribution in [0.5, 0.6) is 0 Å². The topological polar surface area (TPSA) is 80.2 Å². The zero-order valence-corrected chi connectivity index (χ0v) is 8.36. The summed E-state index contributed by atoms with van der Waals surface area (Å²) in [4.78, 5) is 21.4. The Morgan fingerprint density at radius 1 is 1.36 bits per heavy atom. The van der Waals surface area contributed by atoms with Crippen molar-refractivity contribution in [2.45, 2.75) is 0 Å². The van der Waals surface area contributed by atoms with E-state index in [1.807, 2.05) is 0 Å². The standard InChI is InChI=1S/C7H15N3O4/c1-13-5-3-8-7(11)10(9-12)4-6-14-2/h3-6H2,1-2H3,(H,8,11). The lowest BCUT2D eigenvalue weighted by atomic mass is 10.6. The largest absolute Gasteiger partial charge is 0.383 e. The highest BCUT2D eigenvalue weighted by molar-refractivity contribution is 5.73. The maximum absolute atomic E-state index is 11.2. The molecule has 7 heteroatoms. The number of nitroso groups, excluding NO2 is 1. The summed E-state index contributed by atoms with van der Waals surface area (Å²) < 4.78 is 9.42. The van der Waals surface area contributed by atoms with Gasteiger partial charge in [-0.25, -0.2) is 4.79 Å². The van der Waals surface area contributed by atoms with Crippen LogP contribution in [0.2, 0.25) is 0 Å². The van der Waals surface area contributed by atoms with Gasteiger partial charge in [-0.1, -0.05) is 0 Å². The maximum Gasteiger partial charge on any atom is 0.340 e. The Hall–Kier alpha value is -1.21. The first-order valence-corrected chi connectivity index (χ1v) is 4.12. The van der Waals surface area contributed by atoms with E-state index in [-0.39, 0.29) is 13.2 Å². The second-order valence-electron chi connectivity index (χ2n) is 2.42. The highest BCUT2D eigenvalue weighted by Gasteiger charge is 2.12. The van der Waals surface area contributed by atoms with Gasteiger partial charge in [-0.2, -0.15) is 5.01 Å². The van der Waals surface area contributed by atoms with Crippen LogP contribution in [-0.2, 0) is 9.47 Å². The van der Waals surface area contributed by atoms with Crippen LogP contribution >= 0.6 is 0 Å². The molecule has 1 N–H and O–H groups in total. The van der Waals surface area contributed by atoms with Crippen LogP contribution in [0.15, 0.2) is 5.29 Å². The summed E-state index contributed by atoms with van der Waals surface area (Å²) in [6.45, 7) is 1.14. The van der Waals surface area contributed by atoms with Crippen LogP contribution in [0.3, 0.4) is 0 Å². The zero-order valence-electron chi connectivity index (χ0n) is 8.36. The minimum Gasteiger partial charge on any atom is -0.383 e. The van der Waals surface area contributed by atoms with Crippen LogP contribution in [-0.4, -0.2) is 51.6 Å². The van der Waals surface area contributed by atoms with Crippen molar-refractivity contribution < 1.29 is 14.3 Å². The third-order valence-corrected chi connectivity index (χ3v) is 1.42. The first-order chi connectivity index (χ1) is 6.76. The molecule has 82 valence electrons. The molecule has 0 fully saturated rings. The first-order valence-electron chi connectivity index (χ1n) is 4.12. The van der Waals surface area contributed by atoms with Crippen LogP contribution in [0.25, 0.3) is 0 Å². The Morgan fingerprint density at radius 2 is 2.00 bits per heavy atom. The molecular formula is C7H15N3O4. The van der Waals surface area contributed by atoms with Crippen molar-refractivity contribution in [2.24, 2.45) is 5.29 Å². The fourth-order valence-electron chi connectivity index (χ4n) is 0.708. The average Bonchev–Trinajstić information content (AvgIpc) is 2.19. The Bertz CT molecular complexity index is 176. The molecule has 0 heterocycles. The van der Waals surface area contributed by atoms with Gasteiger partial charge in [0, 0.05) is 20.8 Å². The lowest BCUT2D eigenvalue weighted by Gasteiger charge is -2.13. The fourth-order valence-corrected chi connectivity index (χ4v) is 0.708. The molecule has 0 saturated carbocycles. The summed E-state index contributed by atoms with van der Waals surface area (Å²) in [5, 5.41) is 5.77. The summed E-state index contributed by atoms with van der Waals surface area (Å²) in [6.07, 6.45) is 0. The van der Waals surface area contributed by atoms with Crippen molar-refractivity contribution in [3.63, 3.8) is 0 Å². The maximum atomic E-state index is 11.2. The molecule has 0 aliphatic heterocycles. The van der Waals surface area contributed by atoms with Crippen LogP contribution in [0, 0.1) is 4.91 Å². The summed E-state index contributed by atoms with van der Waals surface area (Å²) in [5.41, 5.74) is 0. The van der Waals surface area contributed by atoms with E-state index in [1.54, 1.807) is 0 Å². The monoisotopic (exact) mass is 205 g/mol. The molecule has 0 radical (unpaired) electrons. The number of nitrogens with zero attached hydrogens (tertiary/aromatic N) is 2. The summed E-state index contributed by atoms with van der Waals surface area (Å²) in [6, 6.07) is -0.547. The predicted molar refractivity (Wildman–Crippen MR) is 49.7 cm³/mol. The van der Waals surface area contributed by atoms with Gasteiger partial charge in [0.25, 0.3) is 0 Å². The number of nitrogens with one attached hydrogen (secondary N) is 1. The molecule has 14 heavy (non-hydrogen) atoms. The summed E-state index contributed by atoms with van der Waals surface area (Å²) in [5.74, 6) is 0. The number of carbonyl (C=O) groups excluding carboxylic acids is 1. The van der Waals surface area contributed by atoms with Crippen molar-refractivity contribution in [2.75, 3.05) is 40.5 Å². The highest BCUT2D eigenvalue weighted by Crippen LogP contribution is 1.89. The average molecular weight is 205 g/mol. The summed E-state index contributed by atoms with van der Waals surface area (Å²) in [7, 11) is 3.00. The molecule has 0 aromatic carbocycles. The minimum atomic E-state index is -0.547. The summed E-state index contributed by atoms with van der Waals surface area (Å²) >= 11 is 0. The van der Waals surface area contributed by atoms with Gasteiger partial charge in [-0.05, 0) is 0 Å².